The highest BCUT2D eigenvalue weighted by Gasteiger charge is 2.29. The number of hydrogen-bond donors (Lipinski definition) is 2. The number of aliphatic hydroxyl groups is 1. The molecule has 1 aromatic heterocycles. The van der Waals surface area contributed by atoms with Gasteiger partial charge < -0.3 is 24.8 Å². The number of piperazine rings is 1. The predicted octanol–water partition coefficient (Wildman–Crippen LogP) is 0.840. The smallest absolute Gasteiger partial charge is 0.353 e. The summed E-state index contributed by atoms with van der Waals surface area (Å²) in [4.78, 5) is 23.6. The quantitative estimate of drug-likeness (QED) is 0.508. The lowest BCUT2D eigenvalue weighted by Gasteiger charge is -2.34. The Bertz CT molecular complexity index is 887. The number of anilines is 2. The molecule has 0 atom stereocenters. The maximum absolute atomic E-state index is 11.8. The van der Waals surface area contributed by atoms with Crippen LogP contribution in [0.2, 0.25) is 0 Å². The maximum atomic E-state index is 11.8. The SMILES string of the molecule is O=[N+]([O-])c1c(NCc2ccc3c(c2)OCO3)ncnc1N1CCN(CCO)CC1. The summed E-state index contributed by atoms with van der Waals surface area (Å²) in [6.07, 6.45) is 1.34. The van der Waals surface area contributed by atoms with Gasteiger partial charge in [0.05, 0.1) is 11.5 Å². The van der Waals surface area contributed by atoms with E-state index in [1.807, 2.05) is 23.1 Å². The van der Waals surface area contributed by atoms with E-state index in [1.54, 1.807) is 0 Å². The van der Waals surface area contributed by atoms with Crippen molar-refractivity contribution in [3.05, 3.63) is 40.2 Å². The third kappa shape index (κ3) is 4.15. The normalized spacial score (nSPS) is 16.1. The van der Waals surface area contributed by atoms with Gasteiger partial charge in [0.1, 0.15) is 6.33 Å². The van der Waals surface area contributed by atoms with Gasteiger partial charge in [-0.2, -0.15) is 0 Å². The number of aliphatic hydroxyl groups excluding tert-OH is 1. The van der Waals surface area contributed by atoms with E-state index in [-0.39, 0.29) is 24.9 Å². The van der Waals surface area contributed by atoms with Crippen molar-refractivity contribution >= 4 is 17.3 Å². The van der Waals surface area contributed by atoms with E-state index in [9.17, 15) is 10.1 Å². The van der Waals surface area contributed by atoms with E-state index in [2.05, 4.69) is 20.2 Å². The number of hydrogen-bond acceptors (Lipinski definition) is 10. The van der Waals surface area contributed by atoms with E-state index in [4.69, 9.17) is 14.6 Å². The van der Waals surface area contributed by atoms with Crippen LogP contribution in [-0.4, -0.2) is 71.0 Å². The lowest BCUT2D eigenvalue weighted by Crippen LogP contribution is -2.47. The van der Waals surface area contributed by atoms with Crippen LogP contribution in [0.1, 0.15) is 5.56 Å². The Labute approximate surface area is 167 Å². The highest BCUT2D eigenvalue weighted by atomic mass is 16.7. The first-order valence-electron chi connectivity index (χ1n) is 9.35. The van der Waals surface area contributed by atoms with Crippen molar-refractivity contribution in [2.24, 2.45) is 0 Å². The largest absolute Gasteiger partial charge is 0.454 e. The predicted molar refractivity (Wildman–Crippen MR) is 104 cm³/mol. The minimum Gasteiger partial charge on any atom is -0.454 e. The molecular formula is C18H22N6O5. The average molecular weight is 402 g/mol. The number of benzene rings is 1. The molecule has 2 aliphatic rings. The second-order valence-corrected chi connectivity index (χ2v) is 6.75. The summed E-state index contributed by atoms with van der Waals surface area (Å²) in [5, 5.41) is 23.9. The molecule has 1 saturated heterocycles. The molecule has 0 unspecified atom stereocenters. The number of nitrogens with zero attached hydrogens (tertiary/aromatic N) is 5. The van der Waals surface area contributed by atoms with Crippen molar-refractivity contribution in [1.29, 1.82) is 0 Å². The fourth-order valence-corrected chi connectivity index (χ4v) is 3.46. The monoisotopic (exact) mass is 402 g/mol. The molecule has 0 aliphatic carbocycles. The van der Waals surface area contributed by atoms with Crippen molar-refractivity contribution in [2.75, 3.05) is 56.3 Å². The van der Waals surface area contributed by atoms with Crippen LogP contribution in [0.4, 0.5) is 17.3 Å². The molecule has 0 saturated carbocycles. The van der Waals surface area contributed by atoms with Crippen LogP contribution in [0.5, 0.6) is 11.5 Å². The number of β-amino-alcohol motifs (C(OH)–C–C–N with tert-alkyl or cyclic N) is 1. The lowest BCUT2D eigenvalue weighted by molar-refractivity contribution is -0.383. The van der Waals surface area contributed by atoms with Gasteiger partial charge in [0.15, 0.2) is 11.5 Å². The van der Waals surface area contributed by atoms with Gasteiger partial charge in [-0.15, -0.1) is 0 Å². The topological polar surface area (TPSA) is 126 Å². The van der Waals surface area contributed by atoms with Crippen LogP contribution in [0.3, 0.4) is 0 Å². The second kappa shape index (κ2) is 8.45. The zero-order chi connectivity index (χ0) is 20.2. The molecule has 154 valence electrons. The van der Waals surface area contributed by atoms with Crippen molar-refractivity contribution in [1.82, 2.24) is 14.9 Å². The zero-order valence-corrected chi connectivity index (χ0v) is 15.8. The number of nitro groups is 1. The van der Waals surface area contributed by atoms with E-state index in [1.165, 1.54) is 6.33 Å². The molecule has 2 aromatic rings. The summed E-state index contributed by atoms with van der Waals surface area (Å²) in [6, 6.07) is 5.52. The molecule has 0 radical (unpaired) electrons. The van der Waals surface area contributed by atoms with E-state index in [0.29, 0.717) is 56.6 Å². The maximum Gasteiger partial charge on any atom is 0.353 e. The molecule has 0 amide bonds. The molecule has 2 N–H and O–H groups in total. The number of rotatable bonds is 7. The van der Waals surface area contributed by atoms with Gasteiger partial charge >= 0.3 is 5.69 Å². The Morgan fingerprint density at radius 3 is 2.72 bits per heavy atom. The molecule has 11 nitrogen and oxygen atoms in total. The molecule has 29 heavy (non-hydrogen) atoms. The number of nitrogens with one attached hydrogen (secondary N) is 1. The molecule has 2 aliphatic heterocycles. The Morgan fingerprint density at radius 1 is 1.17 bits per heavy atom. The van der Waals surface area contributed by atoms with Crippen molar-refractivity contribution in [2.45, 2.75) is 6.54 Å². The Hall–Kier alpha value is -3.18. The van der Waals surface area contributed by atoms with Crippen LogP contribution >= 0.6 is 0 Å². The first-order valence-corrected chi connectivity index (χ1v) is 9.35. The first kappa shape index (κ1) is 19.2. The van der Waals surface area contributed by atoms with Crippen molar-refractivity contribution < 1.29 is 19.5 Å². The number of ether oxygens (including phenoxy) is 2. The molecule has 3 heterocycles. The van der Waals surface area contributed by atoms with Gasteiger partial charge in [-0.1, -0.05) is 6.07 Å². The molecule has 11 heteroatoms. The average Bonchev–Trinajstić information content (AvgIpc) is 3.20. The zero-order valence-electron chi connectivity index (χ0n) is 15.8. The van der Waals surface area contributed by atoms with Crippen LogP contribution in [-0.2, 0) is 6.54 Å². The summed E-state index contributed by atoms with van der Waals surface area (Å²) in [7, 11) is 0. The highest BCUT2D eigenvalue weighted by Crippen LogP contribution is 2.34. The first-order chi connectivity index (χ1) is 14.2. The Kier molecular flexibility index (Phi) is 5.58. The van der Waals surface area contributed by atoms with E-state index < -0.39 is 4.92 Å². The van der Waals surface area contributed by atoms with Crippen molar-refractivity contribution in [3.8, 4) is 11.5 Å². The minimum absolute atomic E-state index is 0.0988. The standard InChI is InChI=1S/C18H22N6O5/c25-8-7-22-3-5-23(6-4-22)18-16(24(26)27)17(20-11-21-18)19-10-13-1-2-14-15(9-13)29-12-28-14/h1-2,9,11,25H,3-8,10,12H2,(H,19,20,21). The lowest BCUT2D eigenvalue weighted by atomic mass is 10.2. The number of fused-ring (bicyclic) bond motifs is 1. The fourth-order valence-electron chi connectivity index (χ4n) is 3.46. The molecule has 1 aromatic carbocycles. The van der Waals surface area contributed by atoms with Gasteiger partial charge in [-0.05, 0) is 17.7 Å². The Morgan fingerprint density at radius 2 is 1.97 bits per heavy atom. The van der Waals surface area contributed by atoms with Gasteiger partial charge in [0.25, 0.3) is 0 Å². The number of aromatic nitrogens is 2. The summed E-state index contributed by atoms with van der Waals surface area (Å²) in [5.41, 5.74) is 0.755. The van der Waals surface area contributed by atoms with Crippen LogP contribution in [0.25, 0.3) is 0 Å². The summed E-state index contributed by atoms with van der Waals surface area (Å²) in [5.74, 6) is 1.82. The third-order valence-electron chi connectivity index (χ3n) is 4.97. The summed E-state index contributed by atoms with van der Waals surface area (Å²) in [6.45, 7) is 3.85. The molecule has 0 bridgehead atoms. The van der Waals surface area contributed by atoms with E-state index >= 15 is 0 Å². The molecule has 0 spiro atoms. The molecular weight excluding hydrogens is 380 g/mol. The highest BCUT2D eigenvalue weighted by molar-refractivity contribution is 5.70. The fraction of sp³-hybridized carbons (Fsp3) is 0.444. The summed E-state index contributed by atoms with van der Waals surface area (Å²) >= 11 is 0. The second-order valence-electron chi connectivity index (χ2n) is 6.75. The Balaban J connectivity index is 1.50. The van der Waals surface area contributed by atoms with Crippen LogP contribution in [0, 0.1) is 10.1 Å². The van der Waals surface area contributed by atoms with E-state index in [0.717, 1.165) is 5.56 Å². The summed E-state index contributed by atoms with van der Waals surface area (Å²) < 4.78 is 10.7. The van der Waals surface area contributed by atoms with Crippen molar-refractivity contribution in [3.63, 3.8) is 0 Å². The van der Waals surface area contributed by atoms with Crippen LogP contribution in [0.15, 0.2) is 24.5 Å². The van der Waals surface area contributed by atoms with Gasteiger partial charge in [-0.25, -0.2) is 9.97 Å². The molecule has 1 fully saturated rings. The third-order valence-corrected chi connectivity index (χ3v) is 4.97. The van der Waals surface area contributed by atoms with Gasteiger partial charge in [0, 0.05) is 39.3 Å². The van der Waals surface area contributed by atoms with Gasteiger partial charge in [-0.3, -0.25) is 15.0 Å². The van der Waals surface area contributed by atoms with Crippen LogP contribution < -0.4 is 19.7 Å². The minimum atomic E-state index is -0.447. The molecule has 4 rings (SSSR count). The van der Waals surface area contributed by atoms with Gasteiger partial charge in [0.2, 0.25) is 18.4 Å².